The number of halogens is 10. The largest absolute Gasteiger partial charge is 0.524 e. The molecule has 5 heterocycles. The van der Waals surface area contributed by atoms with Gasteiger partial charge in [-0.1, -0.05) is 43.9 Å². The average Bonchev–Trinajstić information content (AvgIpc) is 1.34. The summed E-state index contributed by atoms with van der Waals surface area (Å²) >= 11 is 0. The Kier molecular flexibility index (Phi) is 29.3. The van der Waals surface area contributed by atoms with Crippen LogP contribution in [0.25, 0.3) is 11.3 Å². The summed E-state index contributed by atoms with van der Waals surface area (Å²) in [5, 5.41) is 19.4. The van der Waals surface area contributed by atoms with Crippen molar-refractivity contribution < 1.29 is 139 Å². The zero-order valence-electron chi connectivity index (χ0n) is 63.7. The first-order valence-corrected chi connectivity index (χ1v) is 37.0. The number of phosphoric ester groups is 1. The number of carboxylic acids is 1. The summed E-state index contributed by atoms with van der Waals surface area (Å²) in [5.41, 5.74) is -2.66. The summed E-state index contributed by atoms with van der Waals surface area (Å²) in [6.45, 7) is 1.10. The minimum atomic E-state index is -5.50. The van der Waals surface area contributed by atoms with E-state index in [4.69, 9.17) is 29.2 Å². The first-order valence-electron chi connectivity index (χ1n) is 35.5. The molecule has 632 valence electrons. The lowest BCUT2D eigenvalue weighted by atomic mass is 9.77. The number of aromatic nitrogens is 4. The van der Waals surface area contributed by atoms with Crippen LogP contribution in [0.2, 0.25) is 0 Å². The molecule has 2 unspecified atom stereocenters. The Morgan fingerprint density at radius 3 is 1.87 bits per heavy atom. The fraction of sp³-hybridized carbons (Fsp3) is 0.507. The molecule has 0 spiro atoms. The van der Waals surface area contributed by atoms with Crippen LogP contribution in [0.1, 0.15) is 119 Å². The number of nitrogens with two attached hydrogens (primary N) is 1. The Morgan fingerprint density at radius 1 is 0.767 bits per heavy atom. The number of fused-ring (bicyclic) bond motifs is 2. The van der Waals surface area contributed by atoms with Gasteiger partial charge in [-0.25, -0.2) is 52.2 Å². The van der Waals surface area contributed by atoms with E-state index in [0.717, 1.165) is 38.3 Å². The van der Waals surface area contributed by atoms with Crippen LogP contribution in [0.5, 0.6) is 5.75 Å². The van der Waals surface area contributed by atoms with Gasteiger partial charge in [0.25, 0.3) is 5.91 Å². The Morgan fingerprint density at radius 2 is 1.34 bits per heavy atom. The van der Waals surface area contributed by atoms with Gasteiger partial charge in [0.2, 0.25) is 24.6 Å². The van der Waals surface area contributed by atoms with Crippen LogP contribution in [-0.2, 0) is 86.6 Å². The highest BCUT2D eigenvalue weighted by molar-refractivity contribution is 7.46. The number of Topliss-reactive ketones (excluding diaryl/α,β-unsaturated/α-hetero) is 1. The van der Waals surface area contributed by atoms with Crippen molar-refractivity contribution in [2.45, 2.75) is 167 Å². The number of aliphatic carboxylic acids is 1. The van der Waals surface area contributed by atoms with E-state index in [1.807, 2.05) is 10.7 Å². The Hall–Kier alpha value is -10.7. The van der Waals surface area contributed by atoms with Gasteiger partial charge < -0.3 is 64.6 Å². The predicted molar refractivity (Wildman–Crippen MR) is 383 cm³/mol. The van der Waals surface area contributed by atoms with Crippen LogP contribution in [0.15, 0.2) is 73.2 Å². The number of ether oxygens (including phenoxy) is 6. The Labute approximate surface area is 656 Å². The first-order chi connectivity index (χ1) is 54.1. The third kappa shape index (κ3) is 23.5. The number of primary amides is 1. The molecule has 2 aromatic heterocycles. The van der Waals surface area contributed by atoms with E-state index < -0.39 is 213 Å². The fourth-order valence-corrected chi connectivity index (χ4v) is 14.0. The molecule has 7 atom stereocenters. The van der Waals surface area contributed by atoms with Crippen molar-refractivity contribution in [1.29, 1.82) is 0 Å². The second-order valence-corrected chi connectivity index (χ2v) is 30.7. The number of aryl methyl sites for hydroxylation is 1. The smallest absolute Gasteiger partial charge is 0.480 e. The third-order valence-electron chi connectivity index (χ3n) is 19.8. The van der Waals surface area contributed by atoms with Gasteiger partial charge in [0.05, 0.1) is 81.4 Å². The number of benzene rings is 3. The molecule has 3 aliphatic heterocycles. The summed E-state index contributed by atoms with van der Waals surface area (Å²) in [4.78, 5) is 155. The van der Waals surface area contributed by atoms with Crippen LogP contribution < -0.4 is 36.5 Å². The van der Waals surface area contributed by atoms with Crippen molar-refractivity contribution in [3.05, 3.63) is 124 Å². The SMILES string of the molecule is COC(=O)N[C@H](C(=O)C[C@@H](Cc1ccc(C#Cc2cnc(N3CC4CCC(C3)N4C3COC3)nc2)cc1)[C@H](CN(Cc1c(F)cc(-c2ccn(C(F)F)n2)cc1F)NC(=O)[C@@H](NC(=O)OC)C(C)(C)C(F)(F)F)OC(=O)OCOC(=O)CC(C)(C)c1c(CC(=O)N[C@@H](CC(N)=O)C(=O)O)cc(C)cc1OP(=O)(O)O)C(C)(C)C(F)(F)F. The number of amides is 5. The number of carbonyl (C=O) groups excluding carboxylic acids is 8. The first kappa shape index (κ1) is 90.8. The second-order valence-electron chi connectivity index (χ2n) is 29.5. The lowest BCUT2D eigenvalue weighted by Gasteiger charge is -2.47. The minimum Gasteiger partial charge on any atom is -0.480 e. The fourth-order valence-electron chi connectivity index (χ4n) is 13.6. The number of anilines is 1. The van der Waals surface area contributed by atoms with Crippen LogP contribution in [-0.4, -0.2) is 207 Å². The number of piperazine rings is 1. The monoisotopic (exact) mass is 1670 g/mol. The number of carbonyl (C=O) groups is 9. The number of hydrazine groups is 1. The zero-order chi connectivity index (χ0) is 85.9. The number of nitrogens with zero attached hydrogens (tertiary/aromatic N) is 7. The van der Waals surface area contributed by atoms with Crippen LogP contribution in [0, 0.1) is 47.1 Å². The number of nitrogens with one attached hydrogen (secondary N) is 4. The van der Waals surface area contributed by atoms with Gasteiger partial charge in [-0.05, 0) is 107 Å². The lowest BCUT2D eigenvalue weighted by Crippen LogP contribution is -2.62. The summed E-state index contributed by atoms with van der Waals surface area (Å²) in [6.07, 6.45) is -17.1. The molecule has 3 fully saturated rings. The van der Waals surface area contributed by atoms with Crippen molar-refractivity contribution in [2.24, 2.45) is 22.5 Å². The van der Waals surface area contributed by atoms with Gasteiger partial charge in [0, 0.05) is 90.3 Å². The molecule has 5 aromatic rings. The molecule has 3 aliphatic rings. The van der Waals surface area contributed by atoms with Gasteiger partial charge >= 0.3 is 57.0 Å². The van der Waals surface area contributed by atoms with Crippen molar-refractivity contribution in [1.82, 2.24) is 51.0 Å². The second kappa shape index (κ2) is 37.5. The highest BCUT2D eigenvalue weighted by Crippen LogP contribution is 2.47. The lowest BCUT2D eigenvalue weighted by molar-refractivity contribution is -0.221. The highest BCUT2D eigenvalue weighted by atomic mass is 31.2. The molecule has 43 heteroatoms. The summed E-state index contributed by atoms with van der Waals surface area (Å²) in [5.74, 6) is -7.96. The van der Waals surface area contributed by atoms with Crippen LogP contribution in [0.4, 0.5) is 64.2 Å². The molecule has 116 heavy (non-hydrogen) atoms. The average molecular weight is 1670 g/mol. The molecule has 5 amide bonds. The third-order valence-corrected chi connectivity index (χ3v) is 20.2. The van der Waals surface area contributed by atoms with Gasteiger partial charge in [0.1, 0.15) is 41.6 Å². The van der Waals surface area contributed by atoms with Crippen molar-refractivity contribution in [3.63, 3.8) is 0 Å². The van der Waals surface area contributed by atoms with E-state index in [1.54, 1.807) is 5.32 Å². The summed E-state index contributed by atoms with van der Waals surface area (Å²) < 4.78 is 200. The number of ketones is 1. The topological polar surface area (TPSA) is 423 Å². The molecule has 8 rings (SSSR count). The maximum atomic E-state index is 16.8. The number of hydrogen-bond donors (Lipinski definition) is 8. The number of rotatable bonds is 34. The quantitative estimate of drug-likeness (QED) is 0.00369. The van der Waals surface area contributed by atoms with Gasteiger partial charge in [-0.2, -0.15) is 40.2 Å². The van der Waals surface area contributed by atoms with E-state index in [9.17, 15) is 66.6 Å². The summed E-state index contributed by atoms with van der Waals surface area (Å²) in [6, 6.07) is 3.76. The van der Waals surface area contributed by atoms with Crippen molar-refractivity contribution >= 4 is 67.6 Å². The Bertz CT molecular complexity index is 4520. The molecule has 9 N–H and O–H groups in total. The maximum Gasteiger partial charge on any atom is 0.524 e. The molecule has 0 aliphatic carbocycles. The number of alkyl carbamates (subject to hydrolysis) is 2. The minimum absolute atomic E-state index is 0.0945. The molecule has 0 saturated carbocycles. The molecule has 3 aromatic carbocycles. The van der Waals surface area contributed by atoms with Gasteiger partial charge in [-0.15, -0.1) is 0 Å². The molecule has 2 bridgehead atoms. The molecule has 0 radical (unpaired) electrons. The molecule has 32 nitrogen and oxygen atoms in total. The van der Waals surface area contributed by atoms with E-state index >= 15 is 39.9 Å². The number of phosphoric acid groups is 1. The van der Waals surface area contributed by atoms with Crippen LogP contribution >= 0.6 is 7.82 Å². The van der Waals surface area contributed by atoms with E-state index in [-0.39, 0.29) is 32.5 Å². The molecular formula is C73H85F10N12O20P. The zero-order valence-corrected chi connectivity index (χ0v) is 64.6. The van der Waals surface area contributed by atoms with E-state index in [0.29, 0.717) is 108 Å². The number of methoxy groups -OCH3 is 2. The molecule has 3 saturated heterocycles. The number of esters is 1. The van der Waals surface area contributed by atoms with E-state index in [1.165, 1.54) is 63.5 Å². The number of carboxylic acid groups (broad SMARTS) is 1. The van der Waals surface area contributed by atoms with E-state index in [2.05, 4.69) is 51.5 Å². The standard InChI is InChI=1S/C73H85F10N12O20P/c1-38-20-44(26-57(98)87-52(63(101)102)27-56(84)97)59(54(21-38)115-116(106,107)108)69(2,3)28-58(99)112-37-113-68(105)114-55(34-93(91-62(100)61(89-67(104)110-9)71(6,7)73(81,82)83)33-48-49(74)23-42(24-50(48)75)51-18-19-94(90-51)64(76)77)43(25-53(96)60(88-66(103)109-8)70(4,5)72(78,79)80)22-40-13-10-39(11-14-40)12-15-41-29-85-65(86-30-41)92-31-45-16-17-46(32-92)95(45)47-35-111-36-47/h10-11,13-14,18-21,23-24,29-30,43,45-47,52,55,60-61,64H,16-17,22,25-28,31-37H2,1-9H3,(H2,84,97)(H,87,98)(H,88,103)(H,89,104)(H,91,100)(H,101,102)(H2,106,107,108)/t43-,45?,46?,52+,55+,60-,61-/m1/s1. The van der Waals surface area contributed by atoms with Crippen molar-refractivity contribution in [2.75, 3.05) is 58.8 Å². The maximum absolute atomic E-state index is 16.8. The number of hydrogen-bond acceptors (Lipinski definition) is 23. The van der Waals surface area contributed by atoms with Crippen LogP contribution in [0.3, 0.4) is 0 Å². The summed E-state index contributed by atoms with van der Waals surface area (Å²) in [7, 11) is -4.05. The van der Waals surface area contributed by atoms with Gasteiger partial charge in [0.15, 0.2) is 5.78 Å². The Balaban J connectivity index is 1.19. The predicted octanol–water partition coefficient (Wildman–Crippen LogP) is 7.90. The van der Waals surface area contributed by atoms with Crippen molar-refractivity contribution in [3.8, 4) is 28.8 Å². The van der Waals surface area contributed by atoms with Gasteiger partial charge in [-0.3, -0.25) is 44.1 Å². The normalized spacial score (nSPS) is 16.8. The molecular weight excluding hydrogens is 1590 g/mol. The highest BCUT2D eigenvalue weighted by Gasteiger charge is 2.58. The number of alkyl halides is 8.